The number of piperidine rings is 1. The fourth-order valence-corrected chi connectivity index (χ4v) is 3.32. The minimum absolute atomic E-state index is 0.372. The second kappa shape index (κ2) is 5.94. The molecule has 3 nitrogen and oxygen atoms in total. The van der Waals surface area contributed by atoms with Gasteiger partial charge in [-0.25, -0.2) is 4.98 Å². The minimum atomic E-state index is 0.372. The summed E-state index contributed by atoms with van der Waals surface area (Å²) in [7, 11) is 2.23. The lowest BCUT2D eigenvalue weighted by atomic mass is 9.91. The highest BCUT2D eigenvalue weighted by atomic mass is 32.1. The maximum atomic E-state index is 4.37. The first-order chi connectivity index (χ1) is 8.16. The zero-order valence-electron chi connectivity index (χ0n) is 11.0. The highest BCUT2D eigenvalue weighted by molar-refractivity contribution is 7.09. The lowest BCUT2D eigenvalue weighted by molar-refractivity contribution is 0.174. The third-order valence-electron chi connectivity index (χ3n) is 3.70. The van der Waals surface area contributed by atoms with Crippen LogP contribution in [0.3, 0.4) is 0 Å². The minimum Gasteiger partial charge on any atom is -0.306 e. The molecule has 1 aliphatic rings. The molecule has 2 rings (SSSR count). The largest absolute Gasteiger partial charge is 0.306 e. The van der Waals surface area contributed by atoms with E-state index in [1.807, 2.05) is 11.6 Å². The summed E-state index contributed by atoms with van der Waals surface area (Å²) in [6.07, 6.45) is 4.57. The Morgan fingerprint density at radius 1 is 1.53 bits per heavy atom. The van der Waals surface area contributed by atoms with Crippen LogP contribution in [0.15, 0.2) is 11.6 Å². The third kappa shape index (κ3) is 3.50. The molecule has 1 saturated heterocycles. The number of aromatic nitrogens is 1. The zero-order chi connectivity index (χ0) is 12.3. The zero-order valence-corrected chi connectivity index (χ0v) is 11.8. The van der Waals surface area contributed by atoms with Crippen molar-refractivity contribution < 1.29 is 0 Å². The number of hydrogen-bond acceptors (Lipinski definition) is 4. The number of rotatable bonds is 4. The van der Waals surface area contributed by atoms with Crippen LogP contribution < -0.4 is 5.32 Å². The van der Waals surface area contributed by atoms with Crippen molar-refractivity contribution in [2.75, 3.05) is 20.1 Å². The molecule has 0 spiro atoms. The van der Waals surface area contributed by atoms with Gasteiger partial charge in [-0.2, -0.15) is 0 Å². The van der Waals surface area contributed by atoms with Crippen LogP contribution in [0.25, 0.3) is 0 Å². The van der Waals surface area contributed by atoms with Crippen molar-refractivity contribution in [3.63, 3.8) is 0 Å². The Morgan fingerprint density at radius 2 is 2.35 bits per heavy atom. The Bertz CT molecular complexity index is 325. The predicted octanol–water partition coefficient (Wildman–Crippen LogP) is 2.52. The van der Waals surface area contributed by atoms with E-state index in [1.54, 1.807) is 11.3 Å². The molecule has 2 heterocycles. The first-order valence-corrected chi connectivity index (χ1v) is 7.38. The SMILES string of the molecule is CC(NC(C)C1CCCN(C)C1)c1nccs1. The van der Waals surface area contributed by atoms with E-state index in [1.165, 1.54) is 30.9 Å². The monoisotopic (exact) mass is 253 g/mol. The molecule has 0 bridgehead atoms. The van der Waals surface area contributed by atoms with Crippen LogP contribution >= 0.6 is 11.3 Å². The summed E-state index contributed by atoms with van der Waals surface area (Å²) in [4.78, 5) is 6.82. The van der Waals surface area contributed by atoms with Crippen molar-refractivity contribution in [1.82, 2.24) is 15.2 Å². The summed E-state index contributed by atoms with van der Waals surface area (Å²) in [6.45, 7) is 7.00. The summed E-state index contributed by atoms with van der Waals surface area (Å²) in [5.41, 5.74) is 0. The number of nitrogens with zero attached hydrogens (tertiary/aromatic N) is 2. The van der Waals surface area contributed by atoms with Crippen molar-refractivity contribution >= 4 is 11.3 Å². The number of likely N-dealkylation sites (tertiary alicyclic amines) is 1. The Balaban J connectivity index is 1.85. The average molecular weight is 253 g/mol. The van der Waals surface area contributed by atoms with Gasteiger partial charge in [-0.05, 0) is 46.2 Å². The van der Waals surface area contributed by atoms with Gasteiger partial charge in [-0.15, -0.1) is 11.3 Å². The molecule has 0 saturated carbocycles. The van der Waals surface area contributed by atoms with Crippen LogP contribution in [-0.2, 0) is 0 Å². The van der Waals surface area contributed by atoms with Gasteiger partial charge in [0.1, 0.15) is 5.01 Å². The predicted molar refractivity (Wildman–Crippen MR) is 73.3 cm³/mol. The molecule has 17 heavy (non-hydrogen) atoms. The molecule has 0 amide bonds. The highest BCUT2D eigenvalue weighted by Gasteiger charge is 2.24. The topological polar surface area (TPSA) is 28.2 Å². The van der Waals surface area contributed by atoms with Crippen LogP contribution in [0.1, 0.15) is 37.7 Å². The molecular formula is C13H23N3S. The first kappa shape index (κ1) is 13.0. The van der Waals surface area contributed by atoms with E-state index in [9.17, 15) is 0 Å². The molecule has 3 unspecified atom stereocenters. The number of hydrogen-bond donors (Lipinski definition) is 1. The molecule has 1 aromatic heterocycles. The van der Waals surface area contributed by atoms with E-state index < -0.39 is 0 Å². The Morgan fingerprint density at radius 3 is 3.00 bits per heavy atom. The van der Waals surface area contributed by atoms with Gasteiger partial charge < -0.3 is 10.2 Å². The van der Waals surface area contributed by atoms with Crippen molar-refractivity contribution in [3.8, 4) is 0 Å². The Hall–Kier alpha value is -0.450. The van der Waals surface area contributed by atoms with Crippen LogP contribution in [-0.4, -0.2) is 36.1 Å². The molecule has 1 fully saturated rings. The molecule has 0 aromatic carbocycles. The lowest BCUT2D eigenvalue weighted by Crippen LogP contribution is -2.43. The summed E-state index contributed by atoms with van der Waals surface area (Å²) in [6, 6.07) is 0.939. The van der Waals surface area contributed by atoms with Crippen molar-refractivity contribution in [3.05, 3.63) is 16.6 Å². The summed E-state index contributed by atoms with van der Waals surface area (Å²) >= 11 is 1.74. The van der Waals surface area contributed by atoms with E-state index in [2.05, 4.69) is 36.1 Å². The smallest absolute Gasteiger partial charge is 0.109 e. The Labute approximate surface area is 108 Å². The second-order valence-corrected chi connectivity index (χ2v) is 6.14. The third-order valence-corrected chi connectivity index (χ3v) is 4.66. The fraction of sp³-hybridized carbons (Fsp3) is 0.769. The van der Waals surface area contributed by atoms with Crippen molar-refractivity contribution in [2.24, 2.45) is 5.92 Å². The molecule has 3 atom stereocenters. The van der Waals surface area contributed by atoms with Crippen LogP contribution in [0, 0.1) is 5.92 Å². The quantitative estimate of drug-likeness (QED) is 0.894. The lowest BCUT2D eigenvalue weighted by Gasteiger charge is -2.35. The van der Waals surface area contributed by atoms with Crippen LogP contribution in [0.5, 0.6) is 0 Å². The Kier molecular flexibility index (Phi) is 4.54. The van der Waals surface area contributed by atoms with E-state index in [-0.39, 0.29) is 0 Å². The number of nitrogens with one attached hydrogen (secondary N) is 1. The first-order valence-electron chi connectivity index (χ1n) is 6.51. The number of thiazole rings is 1. The van der Waals surface area contributed by atoms with Crippen LogP contribution in [0.4, 0.5) is 0 Å². The van der Waals surface area contributed by atoms with Gasteiger partial charge in [0.2, 0.25) is 0 Å². The summed E-state index contributed by atoms with van der Waals surface area (Å²) in [5, 5.41) is 6.94. The molecule has 4 heteroatoms. The highest BCUT2D eigenvalue weighted by Crippen LogP contribution is 2.22. The maximum Gasteiger partial charge on any atom is 0.109 e. The molecule has 0 radical (unpaired) electrons. The van der Waals surface area contributed by atoms with Gasteiger partial charge in [0.05, 0.1) is 6.04 Å². The van der Waals surface area contributed by atoms with E-state index in [4.69, 9.17) is 0 Å². The van der Waals surface area contributed by atoms with Gasteiger partial charge in [-0.1, -0.05) is 0 Å². The molecule has 96 valence electrons. The summed E-state index contributed by atoms with van der Waals surface area (Å²) in [5.74, 6) is 0.774. The molecule has 1 N–H and O–H groups in total. The van der Waals surface area contributed by atoms with E-state index >= 15 is 0 Å². The van der Waals surface area contributed by atoms with Crippen molar-refractivity contribution in [1.29, 1.82) is 0 Å². The van der Waals surface area contributed by atoms with Crippen LogP contribution in [0.2, 0.25) is 0 Å². The average Bonchev–Trinajstić information content (AvgIpc) is 2.82. The summed E-state index contributed by atoms with van der Waals surface area (Å²) < 4.78 is 0. The van der Waals surface area contributed by atoms with Gasteiger partial charge in [0, 0.05) is 24.2 Å². The van der Waals surface area contributed by atoms with Gasteiger partial charge in [-0.3, -0.25) is 0 Å². The van der Waals surface area contributed by atoms with E-state index in [0.29, 0.717) is 12.1 Å². The normalized spacial score (nSPS) is 25.7. The van der Waals surface area contributed by atoms with Gasteiger partial charge in [0.25, 0.3) is 0 Å². The van der Waals surface area contributed by atoms with Gasteiger partial charge in [0.15, 0.2) is 0 Å². The molecular weight excluding hydrogens is 230 g/mol. The van der Waals surface area contributed by atoms with E-state index in [0.717, 1.165) is 5.92 Å². The molecule has 1 aliphatic heterocycles. The fourth-order valence-electron chi connectivity index (χ4n) is 2.66. The van der Waals surface area contributed by atoms with Gasteiger partial charge >= 0.3 is 0 Å². The second-order valence-electron chi connectivity index (χ2n) is 5.21. The maximum absolute atomic E-state index is 4.37. The molecule has 0 aliphatic carbocycles. The molecule has 1 aromatic rings. The standard InChI is InChI=1S/C13H23N3S/c1-10(12-5-4-7-16(3)9-12)15-11(2)13-14-6-8-17-13/h6,8,10-12,15H,4-5,7,9H2,1-3H3. The van der Waals surface area contributed by atoms with Crippen molar-refractivity contribution in [2.45, 2.75) is 38.8 Å².